The van der Waals surface area contributed by atoms with E-state index in [2.05, 4.69) is 22.9 Å². The van der Waals surface area contributed by atoms with Crippen LogP contribution in [0.15, 0.2) is 28.6 Å². The van der Waals surface area contributed by atoms with Gasteiger partial charge in [0, 0.05) is 4.47 Å². The van der Waals surface area contributed by atoms with Gasteiger partial charge in [0.25, 0.3) is 0 Å². The van der Waals surface area contributed by atoms with Gasteiger partial charge in [-0.2, -0.15) is 0 Å². The molecule has 1 heteroatoms. The maximum atomic E-state index is 7.79. The first-order valence-corrected chi connectivity index (χ1v) is 5.04. The smallest absolute Gasteiger partial charge is 0.0635 e. The zero-order valence-electron chi connectivity index (χ0n) is 11.2. The average molecular weight is 231 g/mol. The Kier molecular flexibility index (Phi) is 2.43. The summed E-state index contributed by atoms with van der Waals surface area (Å²) in [6, 6.07) is 0.216. The molecule has 0 unspecified atom stereocenters. The molecule has 0 saturated heterocycles. The molecule has 0 aliphatic heterocycles. The molecule has 12 heavy (non-hydrogen) atoms. The number of rotatable bonds is 4. The number of hydrogen-bond donors (Lipinski definition) is 0. The lowest BCUT2D eigenvalue weighted by Crippen LogP contribution is -1.83. The summed E-state index contributed by atoms with van der Waals surface area (Å²) in [6.07, 6.45) is 3.67. The molecule has 0 aliphatic carbocycles. The second-order valence-electron chi connectivity index (χ2n) is 2.75. The quantitative estimate of drug-likeness (QED) is 0.682. The fourth-order valence-corrected chi connectivity index (χ4v) is 1.20. The minimum Gasteiger partial charge on any atom is -0.0654 e. The fourth-order valence-electron chi connectivity index (χ4n) is 1.000. The van der Waals surface area contributed by atoms with Gasteiger partial charge in [-0.1, -0.05) is 47.8 Å². The second kappa shape index (κ2) is 5.36. The molecule has 0 radical (unpaired) electrons. The molecule has 0 aromatic heterocycles. The highest BCUT2D eigenvalue weighted by molar-refractivity contribution is 9.10. The Morgan fingerprint density at radius 2 is 1.92 bits per heavy atom. The van der Waals surface area contributed by atoms with Crippen molar-refractivity contribution in [1.29, 1.82) is 0 Å². The van der Waals surface area contributed by atoms with Crippen molar-refractivity contribution in [2.24, 2.45) is 0 Å². The third-order valence-electron chi connectivity index (χ3n) is 1.68. The monoisotopic (exact) mass is 230 g/mol. The molecule has 0 bridgehead atoms. The number of unbranched alkanes of at least 4 members (excludes halogenated alkanes) is 2. The van der Waals surface area contributed by atoms with Gasteiger partial charge in [0.15, 0.2) is 0 Å². The van der Waals surface area contributed by atoms with Crippen molar-refractivity contribution in [3.05, 3.63) is 34.2 Å². The maximum Gasteiger partial charge on any atom is 0.0635 e. The lowest BCUT2D eigenvalue weighted by atomic mass is 10.1. The van der Waals surface area contributed by atoms with Gasteiger partial charge in [0.05, 0.1) is 5.48 Å². The van der Waals surface area contributed by atoms with E-state index in [0.29, 0.717) is 12.0 Å². The van der Waals surface area contributed by atoms with Crippen molar-refractivity contribution in [2.45, 2.75) is 32.6 Å². The molecular weight excluding hydrogens is 212 g/mol. The van der Waals surface area contributed by atoms with Gasteiger partial charge in [-0.05, 0) is 30.5 Å². The maximum absolute atomic E-state index is 7.79. The Hall–Kier alpha value is -0.300. The predicted octanol–water partition coefficient (Wildman–Crippen LogP) is 4.18. The van der Waals surface area contributed by atoms with Gasteiger partial charge >= 0.3 is 0 Å². The predicted molar refractivity (Wildman–Crippen MR) is 57.4 cm³/mol. The molecule has 1 rings (SSSR count). The molecule has 66 valence electrons. The third-order valence-corrected chi connectivity index (χ3v) is 2.07. The lowest BCUT2D eigenvalue weighted by molar-refractivity contribution is 0.717. The first-order valence-electron chi connectivity index (χ1n) is 6.25. The SMILES string of the molecule is [2H]c1c([2H])c(CCCCC)c([2H])c([2H])c1Br. The number of hydrogen-bond acceptors (Lipinski definition) is 0. The molecule has 0 amide bonds. The van der Waals surface area contributed by atoms with Crippen molar-refractivity contribution in [1.82, 2.24) is 0 Å². The first-order chi connectivity index (χ1) is 7.50. The van der Waals surface area contributed by atoms with Crippen LogP contribution in [0.25, 0.3) is 0 Å². The highest BCUT2D eigenvalue weighted by Crippen LogP contribution is 2.12. The van der Waals surface area contributed by atoms with Gasteiger partial charge in [-0.25, -0.2) is 0 Å². The average Bonchev–Trinajstić information content (AvgIpc) is 2.28. The summed E-state index contributed by atoms with van der Waals surface area (Å²) in [7, 11) is 0. The molecule has 0 fully saturated rings. The highest BCUT2D eigenvalue weighted by atomic mass is 79.9. The molecule has 0 spiro atoms. The largest absolute Gasteiger partial charge is 0.0654 e. The molecule has 0 atom stereocenters. The van der Waals surface area contributed by atoms with Crippen LogP contribution in [0.3, 0.4) is 0 Å². The topological polar surface area (TPSA) is 0 Å². The number of benzene rings is 1. The van der Waals surface area contributed by atoms with Gasteiger partial charge < -0.3 is 0 Å². The Labute approximate surface area is 88.7 Å². The molecule has 0 heterocycles. The van der Waals surface area contributed by atoms with Crippen LogP contribution in [-0.4, -0.2) is 0 Å². The van der Waals surface area contributed by atoms with Crippen molar-refractivity contribution in [3.8, 4) is 0 Å². The second-order valence-corrected chi connectivity index (χ2v) is 3.54. The fraction of sp³-hybridized carbons (Fsp3) is 0.455. The summed E-state index contributed by atoms with van der Waals surface area (Å²) in [5.41, 5.74) is 0.534. The van der Waals surface area contributed by atoms with E-state index in [-0.39, 0.29) is 28.6 Å². The lowest BCUT2D eigenvalue weighted by Gasteiger charge is -1.99. The normalized spacial score (nSPS) is 14.8. The van der Waals surface area contributed by atoms with Crippen molar-refractivity contribution < 1.29 is 5.48 Å². The highest BCUT2D eigenvalue weighted by Gasteiger charge is 1.92. The van der Waals surface area contributed by atoms with Gasteiger partial charge in [-0.3, -0.25) is 0 Å². The standard InChI is InChI=1S/C11H15Br/c1-2-3-4-5-10-6-8-11(12)9-7-10/h6-9H,2-5H2,1H3/i6D,7D,8D,9D. The Balaban J connectivity index is 3.08. The van der Waals surface area contributed by atoms with Crippen LogP contribution in [0.1, 0.15) is 37.2 Å². The molecule has 0 nitrogen and oxygen atoms in total. The summed E-state index contributed by atoms with van der Waals surface area (Å²) in [6.45, 7) is 2.09. The van der Waals surface area contributed by atoms with Crippen LogP contribution in [0.4, 0.5) is 0 Å². The van der Waals surface area contributed by atoms with E-state index in [4.69, 9.17) is 5.48 Å². The van der Waals surface area contributed by atoms with Crippen molar-refractivity contribution in [2.75, 3.05) is 0 Å². The van der Waals surface area contributed by atoms with Crippen LogP contribution in [-0.2, 0) is 6.42 Å². The first kappa shape index (κ1) is 5.43. The van der Waals surface area contributed by atoms with Crippen molar-refractivity contribution >= 4 is 15.9 Å². The summed E-state index contributed by atoms with van der Waals surface area (Å²) in [5.74, 6) is 0. The molecule has 1 aromatic rings. The Morgan fingerprint density at radius 1 is 1.25 bits per heavy atom. The molecule has 0 saturated carbocycles. The molecule has 1 aromatic carbocycles. The Bertz CT molecular complexity index is 361. The minimum atomic E-state index is 0.0208. The van der Waals surface area contributed by atoms with E-state index < -0.39 is 0 Å². The summed E-state index contributed by atoms with van der Waals surface area (Å²) < 4.78 is 31.2. The molecular formula is C11H15Br. The summed E-state index contributed by atoms with van der Waals surface area (Å²) in [5, 5.41) is 0. The Morgan fingerprint density at radius 3 is 2.50 bits per heavy atom. The summed E-state index contributed by atoms with van der Waals surface area (Å²) in [4.78, 5) is 0. The van der Waals surface area contributed by atoms with Crippen LogP contribution in [0, 0.1) is 0 Å². The van der Waals surface area contributed by atoms with E-state index in [1.807, 2.05) is 0 Å². The van der Waals surface area contributed by atoms with E-state index in [9.17, 15) is 0 Å². The van der Waals surface area contributed by atoms with E-state index in [1.165, 1.54) is 0 Å². The van der Waals surface area contributed by atoms with Gasteiger partial charge in [0.2, 0.25) is 0 Å². The zero-order valence-corrected chi connectivity index (χ0v) is 8.79. The van der Waals surface area contributed by atoms with E-state index in [1.54, 1.807) is 0 Å². The summed E-state index contributed by atoms with van der Waals surface area (Å²) >= 11 is 3.08. The molecule has 0 N–H and O–H groups in total. The number of halogens is 1. The zero-order chi connectivity index (χ0) is 12.3. The van der Waals surface area contributed by atoms with Gasteiger partial charge in [0.1, 0.15) is 0 Å². The van der Waals surface area contributed by atoms with E-state index >= 15 is 0 Å². The third kappa shape index (κ3) is 3.40. The molecule has 0 aliphatic rings. The van der Waals surface area contributed by atoms with Crippen LogP contribution < -0.4 is 0 Å². The van der Waals surface area contributed by atoms with Crippen LogP contribution in [0.2, 0.25) is 0 Å². The van der Waals surface area contributed by atoms with E-state index in [0.717, 1.165) is 19.3 Å². The van der Waals surface area contributed by atoms with Crippen LogP contribution in [0.5, 0.6) is 0 Å². The van der Waals surface area contributed by atoms with Gasteiger partial charge in [-0.15, -0.1) is 0 Å². The minimum absolute atomic E-state index is 0.0208. The van der Waals surface area contributed by atoms with Crippen LogP contribution >= 0.6 is 15.9 Å². The van der Waals surface area contributed by atoms with Crippen molar-refractivity contribution in [3.63, 3.8) is 0 Å².